The van der Waals surface area contributed by atoms with Gasteiger partial charge in [-0.05, 0) is 24.0 Å². The summed E-state index contributed by atoms with van der Waals surface area (Å²) in [4.78, 5) is 79.7. The molecule has 1 spiro atoms. The first-order valence-corrected chi connectivity index (χ1v) is 11.4. The van der Waals surface area contributed by atoms with E-state index in [0.29, 0.717) is 12.8 Å². The quantitative estimate of drug-likeness (QED) is 0.456. The number of amides is 7. The number of carbonyl (C=O) groups is 6. The van der Waals surface area contributed by atoms with Crippen LogP contribution in [0.2, 0.25) is 0 Å². The van der Waals surface area contributed by atoms with E-state index in [0.717, 1.165) is 20.9 Å². The van der Waals surface area contributed by atoms with Crippen LogP contribution >= 0.6 is 0 Å². The number of likely N-dealkylation sites (tertiary alicyclic amines) is 1. The highest BCUT2D eigenvalue weighted by molar-refractivity contribution is 6.10. The van der Waals surface area contributed by atoms with Crippen LogP contribution in [0.3, 0.4) is 0 Å². The van der Waals surface area contributed by atoms with Gasteiger partial charge in [0.1, 0.15) is 18.6 Å². The lowest BCUT2D eigenvalue weighted by Gasteiger charge is -2.35. The average molecular weight is 467 g/mol. The molecule has 3 heterocycles. The molecule has 178 valence electrons. The van der Waals surface area contributed by atoms with E-state index in [1.807, 2.05) is 24.3 Å². The summed E-state index contributed by atoms with van der Waals surface area (Å²) in [7, 11) is 0. The summed E-state index contributed by atoms with van der Waals surface area (Å²) < 4.78 is 0. The maximum atomic E-state index is 13.2. The molecular formula is C23H25N5O6. The Bertz CT molecular complexity index is 1090. The number of fused-ring (bicyclic) bond motifs is 2. The topological polar surface area (TPSA) is 127 Å². The molecule has 1 aromatic rings. The van der Waals surface area contributed by atoms with Gasteiger partial charge in [0.05, 0.1) is 0 Å². The molecule has 0 bridgehead atoms. The minimum absolute atomic E-state index is 0.129. The van der Waals surface area contributed by atoms with E-state index in [1.54, 1.807) is 0 Å². The fourth-order valence-corrected chi connectivity index (χ4v) is 5.21. The van der Waals surface area contributed by atoms with Gasteiger partial charge in [-0.1, -0.05) is 24.3 Å². The van der Waals surface area contributed by atoms with Gasteiger partial charge in [0, 0.05) is 39.0 Å². The van der Waals surface area contributed by atoms with Crippen molar-refractivity contribution in [3.05, 3.63) is 35.4 Å². The van der Waals surface area contributed by atoms with Gasteiger partial charge < -0.3 is 15.1 Å². The van der Waals surface area contributed by atoms with E-state index in [1.165, 1.54) is 9.80 Å². The van der Waals surface area contributed by atoms with Crippen LogP contribution in [0.15, 0.2) is 24.3 Å². The first kappa shape index (κ1) is 22.1. The Morgan fingerprint density at radius 1 is 0.794 bits per heavy atom. The lowest BCUT2D eigenvalue weighted by molar-refractivity contribution is -0.147. The number of hydrogen-bond donors (Lipinski definition) is 1. The summed E-state index contributed by atoms with van der Waals surface area (Å²) in [5.41, 5.74) is 0.691. The number of nitrogens with zero attached hydrogens (tertiary/aromatic N) is 4. The highest BCUT2D eigenvalue weighted by Crippen LogP contribution is 2.41. The Morgan fingerprint density at radius 2 is 1.35 bits per heavy atom. The summed E-state index contributed by atoms with van der Waals surface area (Å²) in [6.07, 6.45) is 1.40. The van der Waals surface area contributed by atoms with Crippen LogP contribution in [-0.2, 0) is 35.9 Å². The second-order valence-electron chi connectivity index (χ2n) is 9.02. The number of imide groups is 2. The van der Waals surface area contributed by atoms with E-state index < -0.39 is 17.5 Å². The van der Waals surface area contributed by atoms with Crippen molar-refractivity contribution in [3.63, 3.8) is 0 Å². The van der Waals surface area contributed by atoms with E-state index in [9.17, 15) is 28.8 Å². The van der Waals surface area contributed by atoms with Gasteiger partial charge in [-0.25, -0.2) is 4.79 Å². The fraction of sp³-hybridized carbons (Fsp3) is 0.478. The Balaban J connectivity index is 1.17. The number of aryl methyl sites for hydroxylation is 1. The molecule has 5 rings (SSSR count). The predicted molar refractivity (Wildman–Crippen MR) is 116 cm³/mol. The van der Waals surface area contributed by atoms with Crippen LogP contribution in [-0.4, -0.2) is 94.4 Å². The van der Waals surface area contributed by atoms with Crippen LogP contribution < -0.4 is 5.32 Å². The summed E-state index contributed by atoms with van der Waals surface area (Å²) in [5, 5.41) is 2.81. The van der Waals surface area contributed by atoms with Crippen LogP contribution in [0.5, 0.6) is 0 Å². The van der Waals surface area contributed by atoms with Crippen molar-refractivity contribution >= 4 is 35.6 Å². The van der Waals surface area contributed by atoms with Gasteiger partial charge in [-0.3, -0.25) is 33.8 Å². The highest BCUT2D eigenvalue weighted by atomic mass is 16.2. The molecule has 0 saturated carbocycles. The second-order valence-corrected chi connectivity index (χ2v) is 9.02. The Labute approximate surface area is 195 Å². The Kier molecular flexibility index (Phi) is 5.34. The number of carbonyl (C=O) groups excluding carboxylic acids is 6. The third-order valence-electron chi connectivity index (χ3n) is 7.15. The average Bonchev–Trinajstić information content (AvgIpc) is 3.45. The van der Waals surface area contributed by atoms with Gasteiger partial charge in [0.25, 0.3) is 5.91 Å². The van der Waals surface area contributed by atoms with Crippen molar-refractivity contribution in [1.82, 2.24) is 24.9 Å². The summed E-state index contributed by atoms with van der Waals surface area (Å²) in [5.74, 6) is -1.81. The fourth-order valence-electron chi connectivity index (χ4n) is 5.21. The SMILES string of the molecule is O=C(CN1C(=O)CCC1=O)N1CCN(C(=O)CN2C(=O)NC3(CCc4ccccc43)C2=O)CC1. The maximum absolute atomic E-state index is 13.2. The van der Waals surface area contributed by atoms with Crippen molar-refractivity contribution < 1.29 is 28.8 Å². The van der Waals surface area contributed by atoms with Crippen molar-refractivity contribution in [1.29, 1.82) is 0 Å². The standard InChI is InChI=1S/C23H25N5O6/c29-17-5-6-18(30)27(17)13-19(31)25-9-11-26(12-10-25)20(32)14-28-21(33)23(24-22(28)34)8-7-15-3-1-2-4-16(15)23/h1-4H,5-14H2,(H,24,34). The second kappa shape index (κ2) is 8.23. The smallest absolute Gasteiger partial charge is 0.325 e. The van der Waals surface area contributed by atoms with Gasteiger partial charge in [0.2, 0.25) is 23.6 Å². The minimum atomic E-state index is -1.11. The molecule has 1 aromatic carbocycles. The minimum Gasteiger partial charge on any atom is -0.338 e. The lowest BCUT2D eigenvalue weighted by atomic mass is 9.92. The molecule has 4 aliphatic rings. The molecular weight excluding hydrogens is 442 g/mol. The van der Waals surface area contributed by atoms with Crippen LogP contribution in [0.25, 0.3) is 0 Å². The molecule has 1 N–H and O–H groups in total. The number of benzene rings is 1. The third kappa shape index (κ3) is 3.51. The molecule has 34 heavy (non-hydrogen) atoms. The summed E-state index contributed by atoms with van der Waals surface area (Å²) in [6, 6.07) is 6.92. The highest BCUT2D eigenvalue weighted by Gasteiger charge is 2.55. The van der Waals surface area contributed by atoms with Crippen molar-refractivity contribution in [2.45, 2.75) is 31.2 Å². The number of nitrogens with one attached hydrogen (secondary N) is 1. The zero-order valence-corrected chi connectivity index (χ0v) is 18.6. The van der Waals surface area contributed by atoms with Crippen LogP contribution in [0.1, 0.15) is 30.4 Å². The van der Waals surface area contributed by atoms with Crippen LogP contribution in [0.4, 0.5) is 4.79 Å². The molecule has 11 heteroatoms. The molecule has 0 aromatic heterocycles. The van der Waals surface area contributed by atoms with Gasteiger partial charge in [-0.2, -0.15) is 0 Å². The first-order chi connectivity index (χ1) is 16.3. The number of piperazine rings is 1. The molecule has 3 fully saturated rings. The molecule has 7 amide bonds. The van der Waals surface area contributed by atoms with E-state index in [4.69, 9.17) is 0 Å². The Hall–Kier alpha value is -3.76. The molecule has 1 atom stereocenters. The van der Waals surface area contributed by atoms with E-state index >= 15 is 0 Å². The van der Waals surface area contributed by atoms with Crippen LogP contribution in [0, 0.1) is 0 Å². The summed E-state index contributed by atoms with van der Waals surface area (Å²) in [6.45, 7) is 0.335. The normalized spacial score (nSPS) is 24.4. The van der Waals surface area contributed by atoms with Crippen molar-refractivity contribution in [2.24, 2.45) is 0 Å². The zero-order chi connectivity index (χ0) is 24.0. The van der Waals surface area contributed by atoms with Gasteiger partial charge >= 0.3 is 6.03 Å². The molecule has 1 aliphatic carbocycles. The molecule has 3 saturated heterocycles. The largest absolute Gasteiger partial charge is 0.338 e. The van der Waals surface area contributed by atoms with Gasteiger partial charge in [0.15, 0.2) is 0 Å². The first-order valence-electron chi connectivity index (χ1n) is 11.4. The van der Waals surface area contributed by atoms with Crippen molar-refractivity contribution in [3.8, 4) is 0 Å². The molecule has 0 radical (unpaired) electrons. The number of rotatable bonds is 4. The molecule has 11 nitrogen and oxygen atoms in total. The van der Waals surface area contributed by atoms with E-state index in [2.05, 4.69) is 5.32 Å². The van der Waals surface area contributed by atoms with Gasteiger partial charge in [-0.15, -0.1) is 0 Å². The number of urea groups is 1. The number of hydrogen-bond acceptors (Lipinski definition) is 6. The maximum Gasteiger partial charge on any atom is 0.325 e. The zero-order valence-electron chi connectivity index (χ0n) is 18.6. The molecule has 1 unspecified atom stereocenters. The van der Waals surface area contributed by atoms with Crippen molar-refractivity contribution in [2.75, 3.05) is 39.3 Å². The monoisotopic (exact) mass is 467 g/mol. The summed E-state index contributed by atoms with van der Waals surface area (Å²) >= 11 is 0. The molecule has 3 aliphatic heterocycles. The van der Waals surface area contributed by atoms with E-state index in [-0.39, 0.29) is 75.7 Å². The third-order valence-corrected chi connectivity index (χ3v) is 7.15. The predicted octanol–water partition coefficient (Wildman–Crippen LogP) is -0.800. The lowest BCUT2D eigenvalue weighted by Crippen LogP contribution is -2.55. The Morgan fingerprint density at radius 3 is 1.97 bits per heavy atom.